The fourth-order valence-electron chi connectivity index (χ4n) is 8.14. The lowest BCUT2D eigenvalue weighted by Gasteiger charge is -2.45. The third kappa shape index (κ3) is 8.49. The molecule has 7 N–H and O–H groups in total. The van der Waals surface area contributed by atoms with Gasteiger partial charge in [-0.05, 0) is 87.0 Å². The highest BCUT2D eigenvalue weighted by molar-refractivity contribution is 7.90. The van der Waals surface area contributed by atoms with Crippen LogP contribution in [-0.4, -0.2) is 130 Å². The minimum atomic E-state index is -3.36. The predicted molar refractivity (Wildman–Crippen MR) is 202 cm³/mol. The van der Waals surface area contributed by atoms with Crippen LogP contribution in [0.2, 0.25) is 0 Å². The number of nitrogens with zero attached hydrogens (tertiary/aromatic N) is 3. The number of anilines is 2. The molecular weight excluding hydrogens is 747 g/mol. The summed E-state index contributed by atoms with van der Waals surface area (Å²) in [5, 5.41) is 15.2. The molecule has 56 heavy (non-hydrogen) atoms. The highest BCUT2D eigenvalue weighted by Crippen LogP contribution is 2.32. The number of rotatable bonds is 10. The van der Waals surface area contributed by atoms with E-state index in [0.717, 1.165) is 49.1 Å². The molecular formula is C37H47N9O9S. The normalized spacial score (nSPS) is 26.4. The second-order valence-corrected chi connectivity index (χ2v) is 17.1. The van der Waals surface area contributed by atoms with E-state index >= 15 is 0 Å². The molecule has 0 aliphatic carbocycles. The molecule has 6 amide bonds. The molecule has 300 valence electrons. The highest BCUT2D eigenvalue weighted by Gasteiger charge is 2.45. The van der Waals surface area contributed by atoms with Crippen molar-refractivity contribution >= 4 is 56.8 Å². The van der Waals surface area contributed by atoms with Gasteiger partial charge in [-0.1, -0.05) is 0 Å². The van der Waals surface area contributed by atoms with E-state index in [1.54, 1.807) is 30.3 Å². The Balaban J connectivity index is 0.865. The molecule has 0 radical (unpaired) electrons. The number of nitrogens with one attached hydrogen (secondary N) is 5. The molecule has 2 aromatic rings. The Kier molecular flexibility index (Phi) is 11.3. The molecule has 3 unspecified atom stereocenters. The van der Waals surface area contributed by atoms with Crippen molar-refractivity contribution in [1.82, 2.24) is 31.1 Å². The minimum absolute atomic E-state index is 0.0571. The van der Waals surface area contributed by atoms with E-state index in [2.05, 4.69) is 36.4 Å². The van der Waals surface area contributed by atoms with Crippen LogP contribution in [0.15, 0.2) is 47.4 Å². The van der Waals surface area contributed by atoms with Gasteiger partial charge in [0, 0.05) is 56.3 Å². The van der Waals surface area contributed by atoms with Gasteiger partial charge in [0.1, 0.15) is 18.2 Å². The van der Waals surface area contributed by atoms with E-state index < -0.39 is 63.7 Å². The number of hydrogen-bond donors (Lipinski definition) is 6. The Morgan fingerprint density at radius 2 is 1.68 bits per heavy atom. The first kappa shape index (κ1) is 39.1. The number of alkyl carbamates (subject to hydrolysis) is 1. The molecule has 5 atom stereocenters. The number of carbonyl (C=O) groups excluding carboxylic acids is 6. The summed E-state index contributed by atoms with van der Waals surface area (Å²) in [4.78, 5) is 81.0. The summed E-state index contributed by atoms with van der Waals surface area (Å²) >= 11 is 0. The summed E-state index contributed by atoms with van der Waals surface area (Å²) in [6.07, 6.45) is 3.16. The summed E-state index contributed by atoms with van der Waals surface area (Å²) in [5.41, 5.74) is 7.56. The van der Waals surface area contributed by atoms with Crippen molar-refractivity contribution in [3.63, 3.8) is 0 Å². The van der Waals surface area contributed by atoms with Crippen LogP contribution in [0, 0.1) is 5.92 Å². The number of piperazine rings is 1. The minimum Gasteiger partial charge on any atom is -0.449 e. The molecule has 2 aromatic carbocycles. The van der Waals surface area contributed by atoms with Crippen molar-refractivity contribution in [1.29, 1.82) is 0 Å². The lowest BCUT2D eigenvalue weighted by molar-refractivity contribution is -0.136. The maximum atomic E-state index is 13.3. The zero-order valence-corrected chi connectivity index (χ0v) is 31.8. The number of likely N-dealkylation sites (tertiary alicyclic amines) is 1. The average molecular weight is 794 g/mol. The number of carbonyl (C=O) groups is 6. The van der Waals surface area contributed by atoms with Crippen molar-refractivity contribution in [2.45, 2.75) is 73.9 Å². The van der Waals surface area contributed by atoms with Gasteiger partial charge >= 0.3 is 6.09 Å². The fraction of sp³-hybridized carbons (Fsp3) is 0.514. The van der Waals surface area contributed by atoms with E-state index in [1.165, 1.54) is 12.1 Å². The monoisotopic (exact) mass is 793 g/mol. The van der Waals surface area contributed by atoms with Gasteiger partial charge in [-0.25, -0.2) is 13.2 Å². The van der Waals surface area contributed by atoms with Crippen LogP contribution in [-0.2, 0) is 29.0 Å². The van der Waals surface area contributed by atoms with E-state index in [0.29, 0.717) is 31.9 Å². The fourth-order valence-corrected chi connectivity index (χ4v) is 8.77. The summed E-state index contributed by atoms with van der Waals surface area (Å²) in [6.45, 7) is 3.35. The molecule has 5 aliphatic rings. The number of sulfone groups is 1. The lowest BCUT2D eigenvalue weighted by Crippen LogP contribution is -2.71. The molecule has 4 fully saturated rings. The number of primary amides is 1. The SMILES string of the molecule is CS(=O)(=O)c1ccc(NC2NC(N3CCC[C@@H](NC(=O)OCC4CCN(c5ccc6c(c5)C(=O)N([C@H]5CCC(=O)NC5=O)C6=O)CC4)C3)CNC2C(N)=O)cc1. The number of hydrogen-bond acceptors (Lipinski definition) is 14. The lowest BCUT2D eigenvalue weighted by atomic mass is 9.97. The van der Waals surface area contributed by atoms with Gasteiger partial charge in [-0.3, -0.25) is 44.4 Å². The molecule has 19 heteroatoms. The molecule has 5 aliphatic heterocycles. The van der Waals surface area contributed by atoms with Gasteiger partial charge < -0.3 is 31.3 Å². The number of benzene rings is 2. The molecule has 7 rings (SSSR count). The summed E-state index contributed by atoms with van der Waals surface area (Å²) in [6, 6.07) is 9.48. The Labute approximate surface area is 324 Å². The smallest absolute Gasteiger partial charge is 0.407 e. The molecule has 18 nitrogen and oxygen atoms in total. The average Bonchev–Trinajstić information content (AvgIpc) is 3.42. The molecule has 0 spiro atoms. The Bertz CT molecular complexity index is 2010. The second-order valence-electron chi connectivity index (χ2n) is 15.1. The molecule has 0 aromatic heterocycles. The zero-order valence-electron chi connectivity index (χ0n) is 31.0. The van der Waals surface area contributed by atoms with Gasteiger partial charge in [0.05, 0.1) is 28.8 Å². The van der Waals surface area contributed by atoms with Crippen LogP contribution in [0.5, 0.6) is 0 Å². The number of piperidine rings is 3. The number of ether oxygens (including phenoxy) is 1. The van der Waals surface area contributed by atoms with Crippen molar-refractivity contribution in [2.24, 2.45) is 11.7 Å². The standard InChI is InChI=1S/C37H47N9O9S/c1-56(53,54)25-7-4-22(5-8-25)40-33-31(32(38)48)39-18-29(42-33)45-14-2-3-23(19-45)41-37(52)55-20-21-12-15-44(16-13-21)24-6-9-26-27(17-24)36(51)46(35(26)50)28-10-11-30(47)43-34(28)49/h4-9,17,21,23,28-29,31,33,39-40,42H,2-3,10-16,18-20H2,1H3,(H2,38,48)(H,41,52)(H,43,47,49)/t23-,28+,29?,31?,33?/m1/s1. The van der Waals surface area contributed by atoms with Crippen LogP contribution < -0.4 is 37.2 Å². The quantitative estimate of drug-likeness (QED) is 0.170. The highest BCUT2D eigenvalue weighted by atomic mass is 32.2. The predicted octanol–water partition coefficient (Wildman–Crippen LogP) is -0.291. The van der Waals surface area contributed by atoms with Crippen LogP contribution in [0.3, 0.4) is 0 Å². The Morgan fingerprint density at radius 1 is 0.946 bits per heavy atom. The van der Waals surface area contributed by atoms with Crippen LogP contribution in [0.1, 0.15) is 59.2 Å². The van der Waals surface area contributed by atoms with Gasteiger partial charge in [-0.15, -0.1) is 0 Å². The van der Waals surface area contributed by atoms with Gasteiger partial charge in [0.15, 0.2) is 9.84 Å². The first-order chi connectivity index (χ1) is 26.7. The Morgan fingerprint density at radius 3 is 2.38 bits per heavy atom. The molecule has 4 saturated heterocycles. The van der Waals surface area contributed by atoms with E-state index in [9.17, 15) is 37.2 Å². The van der Waals surface area contributed by atoms with E-state index in [1.807, 2.05) is 0 Å². The third-order valence-corrected chi connectivity index (χ3v) is 12.3. The first-order valence-electron chi connectivity index (χ1n) is 18.9. The number of amides is 6. The number of imide groups is 2. The maximum Gasteiger partial charge on any atom is 0.407 e. The van der Waals surface area contributed by atoms with Crippen molar-refractivity contribution < 1.29 is 41.9 Å². The molecule has 0 saturated carbocycles. The Hall–Kier alpha value is -5.11. The van der Waals surface area contributed by atoms with Gasteiger partial charge in [0.25, 0.3) is 11.8 Å². The largest absolute Gasteiger partial charge is 0.449 e. The van der Waals surface area contributed by atoms with E-state index in [-0.39, 0.29) is 53.6 Å². The van der Waals surface area contributed by atoms with Gasteiger partial charge in [-0.2, -0.15) is 0 Å². The van der Waals surface area contributed by atoms with Crippen LogP contribution in [0.25, 0.3) is 0 Å². The second kappa shape index (κ2) is 16.2. The van der Waals surface area contributed by atoms with Crippen LogP contribution >= 0.6 is 0 Å². The number of nitrogens with two attached hydrogens (primary N) is 1. The topological polar surface area (TPSA) is 242 Å². The van der Waals surface area contributed by atoms with Crippen LogP contribution in [0.4, 0.5) is 16.2 Å². The molecule has 5 heterocycles. The summed E-state index contributed by atoms with van der Waals surface area (Å²) < 4.78 is 29.4. The van der Waals surface area contributed by atoms with Crippen molar-refractivity contribution in [3.8, 4) is 0 Å². The first-order valence-corrected chi connectivity index (χ1v) is 20.8. The van der Waals surface area contributed by atoms with Crippen molar-refractivity contribution in [2.75, 3.05) is 55.8 Å². The third-order valence-electron chi connectivity index (χ3n) is 11.2. The van der Waals surface area contributed by atoms with Crippen molar-refractivity contribution in [3.05, 3.63) is 53.6 Å². The summed E-state index contributed by atoms with van der Waals surface area (Å²) in [7, 11) is -3.36. The number of fused-ring (bicyclic) bond motifs is 1. The van der Waals surface area contributed by atoms with E-state index in [4.69, 9.17) is 10.5 Å². The summed E-state index contributed by atoms with van der Waals surface area (Å²) in [5.74, 6) is -2.55. The van der Waals surface area contributed by atoms with Gasteiger partial charge in [0.2, 0.25) is 17.7 Å². The zero-order chi connectivity index (χ0) is 39.7. The maximum absolute atomic E-state index is 13.3. The molecule has 0 bridgehead atoms.